The van der Waals surface area contributed by atoms with Crippen molar-refractivity contribution in [2.45, 2.75) is 26.3 Å². The summed E-state index contributed by atoms with van der Waals surface area (Å²) in [7, 11) is 3.45. The summed E-state index contributed by atoms with van der Waals surface area (Å²) in [4.78, 5) is 12.8. The van der Waals surface area contributed by atoms with Gasteiger partial charge in [-0.1, -0.05) is 20.3 Å². The number of nitrogens with two attached hydrogens (primary N) is 1. The first-order valence-electron chi connectivity index (χ1n) is 3.97. The van der Waals surface area contributed by atoms with E-state index >= 15 is 0 Å². The fourth-order valence-electron chi connectivity index (χ4n) is 0.795. The molecular formula is C8H18N2O. The molecule has 0 aromatic rings. The van der Waals surface area contributed by atoms with Crippen molar-refractivity contribution in [3.8, 4) is 0 Å². The van der Waals surface area contributed by atoms with E-state index < -0.39 is 0 Å². The summed E-state index contributed by atoms with van der Waals surface area (Å²) in [5.41, 5.74) is 5.68. The van der Waals surface area contributed by atoms with Crippen LogP contribution in [0.1, 0.15) is 20.3 Å². The molecule has 66 valence electrons. The van der Waals surface area contributed by atoms with Gasteiger partial charge in [0.05, 0.1) is 6.04 Å². The number of rotatable bonds is 3. The minimum Gasteiger partial charge on any atom is -0.347 e. The third-order valence-electron chi connectivity index (χ3n) is 1.98. The Kier molecular flexibility index (Phi) is 4.11. The first-order chi connectivity index (χ1) is 5.00. The zero-order chi connectivity index (χ0) is 9.02. The van der Waals surface area contributed by atoms with Gasteiger partial charge < -0.3 is 10.6 Å². The smallest absolute Gasteiger partial charge is 0.239 e. The molecule has 1 amide bonds. The minimum absolute atomic E-state index is 0.0133. The molecule has 1 unspecified atom stereocenters. The van der Waals surface area contributed by atoms with Crippen molar-refractivity contribution in [3.05, 3.63) is 0 Å². The molecule has 11 heavy (non-hydrogen) atoms. The van der Waals surface area contributed by atoms with Crippen molar-refractivity contribution in [1.82, 2.24) is 4.90 Å². The lowest BCUT2D eigenvalue weighted by Crippen LogP contribution is -2.43. The van der Waals surface area contributed by atoms with Crippen molar-refractivity contribution < 1.29 is 4.79 Å². The number of likely N-dealkylation sites (N-methyl/N-ethyl adjacent to an activating group) is 1. The predicted octanol–water partition coefficient (Wildman–Crippen LogP) is 0.448. The highest BCUT2D eigenvalue weighted by atomic mass is 16.2. The third kappa shape index (κ3) is 2.89. The van der Waals surface area contributed by atoms with Crippen LogP contribution in [0.3, 0.4) is 0 Å². The molecular weight excluding hydrogens is 140 g/mol. The van der Waals surface area contributed by atoms with E-state index in [4.69, 9.17) is 5.73 Å². The molecule has 0 saturated heterocycles. The monoisotopic (exact) mass is 158 g/mol. The molecule has 0 spiro atoms. The highest BCUT2D eigenvalue weighted by molar-refractivity contribution is 5.81. The zero-order valence-corrected chi connectivity index (χ0v) is 7.79. The molecule has 0 saturated carbocycles. The molecule has 3 heteroatoms. The van der Waals surface area contributed by atoms with Crippen LogP contribution in [0.25, 0.3) is 0 Å². The Morgan fingerprint density at radius 3 is 2.27 bits per heavy atom. The quantitative estimate of drug-likeness (QED) is 0.648. The molecule has 0 bridgehead atoms. The van der Waals surface area contributed by atoms with Crippen LogP contribution in [0.4, 0.5) is 0 Å². The first kappa shape index (κ1) is 10.4. The van der Waals surface area contributed by atoms with Crippen molar-refractivity contribution in [2.24, 2.45) is 11.7 Å². The van der Waals surface area contributed by atoms with Gasteiger partial charge >= 0.3 is 0 Å². The highest BCUT2D eigenvalue weighted by Gasteiger charge is 2.20. The third-order valence-corrected chi connectivity index (χ3v) is 1.98. The first-order valence-corrected chi connectivity index (χ1v) is 3.97. The molecule has 2 N–H and O–H groups in total. The van der Waals surface area contributed by atoms with Gasteiger partial charge in [0.2, 0.25) is 5.91 Å². The van der Waals surface area contributed by atoms with Crippen molar-refractivity contribution in [3.63, 3.8) is 0 Å². The van der Waals surface area contributed by atoms with Gasteiger partial charge in [0.1, 0.15) is 0 Å². The second-order valence-corrected chi connectivity index (χ2v) is 3.14. The fourth-order valence-corrected chi connectivity index (χ4v) is 0.795. The van der Waals surface area contributed by atoms with E-state index in [9.17, 15) is 4.79 Å². The summed E-state index contributed by atoms with van der Waals surface area (Å²) in [6.45, 7) is 4.03. The topological polar surface area (TPSA) is 46.3 Å². The number of hydrogen-bond donors (Lipinski definition) is 1. The molecule has 0 heterocycles. The van der Waals surface area contributed by atoms with Crippen LogP contribution in [0.2, 0.25) is 0 Å². The van der Waals surface area contributed by atoms with E-state index in [0.29, 0.717) is 0 Å². The van der Waals surface area contributed by atoms with E-state index in [0.717, 1.165) is 6.42 Å². The summed E-state index contributed by atoms with van der Waals surface area (Å²) in [6.07, 6.45) is 0.945. The van der Waals surface area contributed by atoms with Gasteiger partial charge in [0.15, 0.2) is 0 Å². The Bertz CT molecular complexity index is 134. The molecule has 0 aliphatic carbocycles. The normalized spacial score (nSPS) is 15.7. The second-order valence-electron chi connectivity index (χ2n) is 3.14. The van der Waals surface area contributed by atoms with Gasteiger partial charge in [-0.25, -0.2) is 0 Å². The van der Waals surface area contributed by atoms with Crippen LogP contribution >= 0.6 is 0 Å². The summed E-state index contributed by atoms with van der Waals surface area (Å²) in [5, 5.41) is 0. The molecule has 0 aromatic carbocycles. The van der Waals surface area contributed by atoms with Crippen LogP contribution in [0.15, 0.2) is 0 Å². The van der Waals surface area contributed by atoms with Crippen LogP contribution in [0.5, 0.6) is 0 Å². The lowest BCUT2D eigenvalue weighted by atomic mass is 9.99. The lowest BCUT2D eigenvalue weighted by Gasteiger charge is -2.21. The SMILES string of the molecule is CCC(C)[C@H](N)C(=O)N(C)C. The maximum atomic E-state index is 11.2. The molecule has 2 atom stereocenters. The van der Waals surface area contributed by atoms with E-state index in [2.05, 4.69) is 0 Å². The molecule has 3 nitrogen and oxygen atoms in total. The standard InChI is InChI=1S/C8H18N2O/c1-5-6(2)7(9)8(11)10(3)4/h6-7H,5,9H2,1-4H3/t6?,7-/m0/s1. The summed E-state index contributed by atoms with van der Waals surface area (Å²) in [6, 6.07) is -0.338. The number of carbonyl (C=O) groups is 1. The molecule has 0 aliphatic rings. The molecule has 0 rings (SSSR count). The van der Waals surface area contributed by atoms with Gasteiger partial charge in [-0.2, -0.15) is 0 Å². The maximum absolute atomic E-state index is 11.2. The van der Waals surface area contributed by atoms with Gasteiger partial charge in [0, 0.05) is 14.1 Å². The average Bonchev–Trinajstić information content (AvgIpc) is 2.00. The predicted molar refractivity (Wildman–Crippen MR) is 46.1 cm³/mol. The fraction of sp³-hybridized carbons (Fsp3) is 0.875. The van der Waals surface area contributed by atoms with E-state index in [-0.39, 0.29) is 17.9 Å². The Morgan fingerprint density at radius 2 is 2.00 bits per heavy atom. The lowest BCUT2D eigenvalue weighted by molar-refractivity contribution is -0.131. The van der Waals surface area contributed by atoms with E-state index in [1.54, 1.807) is 14.1 Å². The number of hydrogen-bond acceptors (Lipinski definition) is 2. The summed E-state index contributed by atoms with van der Waals surface area (Å²) >= 11 is 0. The van der Waals surface area contributed by atoms with Crippen LogP contribution in [-0.2, 0) is 4.79 Å². The molecule has 0 radical (unpaired) electrons. The Morgan fingerprint density at radius 1 is 1.55 bits per heavy atom. The largest absolute Gasteiger partial charge is 0.347 e. The molecule has 0 fully saturated rings. The van der Waals surface area contributed by atoms with E-state index in [1.807, 2.05) is 13.8 Å². The minimum atomic E-state index is -0.338. The number of carbonyl (C=O) groups excluding carboxylic acids is 1. The van der Waals surface area contributed by atoms with Gasteiger partial charge in [-0.3, -0.25) is 4.79 Å². The zero-order valence-electron chi connectivity index (χ0n) is 7.79. The molecule has 0 aromatic heterocycles. The van der Waals surface area contributed by atoms with Gasteiger partial charge in [-0.15, -0.1) is 0 Å². The number of nitrogens with zero attached hydrogens (tertiary/aromatic N) is 1. The van der Waals surface area contributed by atoms with Crippen molar-refractivity contribution in [1.29, 1.82) is 0 Å². The Hall–Kier alpha value is -0.570. The summed E-state index contributed by atoms with van der Waals surface area (Å²) < 4.78 is 0. The second kappa shape index (κ2) is 4.34. The van der Waals surface area contributed by atoms with Crippen molar-refractivity contribution in [2.75, 3.05) is 14.1 Å². The molecule has 0 aliphatic heterocycles. The number of amides is 1. The Labute approximate surface area is 68.6 Å². The highest BCUT2D eigenvalue weighted by Crippen LogP contribution is 2.06. The maximum Gasteiger partial charge on any atom is 0.239 e. The Balaban J connectivity index is 4.02. The van der Waals surface area contributed by atoms with E-state index in [1.165, 1.54) is 4.90 Å². The van der Waals surface area contributed by atoms with Crippen LogP contribution in [0, 0.1) is 5.92 Å². The van der Waals surface area contributed by atoms with Gasteiger partial charge in [-0.05, 0) is 5.92 Å². The van der Waals surface area contributed by atoms with Crippen LogP contribution < -0.4 is 5.73 Å². The van der Waals surface area contributed by atoms with Gasteiger partial charge in [0.25, 0.3) is 0 Å². The average molecular weight is 158 g/mol. The summed E-state index contributed by atoms with van der Waals surface area (Å²) in [5.74, 6) is 0.282. The van der Waals surface area contributed by atoms with Crippen LogP contribution in [-0.4, -0.2) is 30.9 Å². The van der Waals surface area contributed by atoms with Crippen molar-refractivity contribution >= 4 is 5.91 Å².